The van der Waals surface area contributed by atoms with Crippen LogP contribution in [-0.4, -0.2) is 9.97 Å². The molecule has 2 heteroatoms. The maximum absolute atomic E-state index is 4.27. The molecule has 0 fully saturated rings. The Bertz CT molecular complexity index is 475. The monoisotopic (exact) mass is 198 g/mol. The van der Waals surface area contributed by atoms with Crippen molar-refractivity contribution >= 4 is 0 Å². The molecule has 1 aromatic carbocycles. The van der Waals surface area contributed by atoms with Gasteiger partial charge in [-0.05, 0) is 43.5 Å². The van der Waals surface area contributed by atoms with Crippen molar-refractivity contribution in [1.82, 2.24) is 9.97 Å². The summed E-state index contributed by atoms with van der Waals surface area (Å²) in [5, 5.41) is 0. The summed E-state index contributed by atoms with van der Waals surface area (Å²) >= 11 is 0. The molecule has 76 valence electrons. The third-order valence-electron chi connectivity index (χ3n) is 2.92. The molecule has 0 radical (unpaired) electrons. The fraction of sp³-hybridized carbons (Fsp3) is 0.231. The lowest BCUT2D eigenvalue weighted by Gasteiger charge is -2.10. The summed E-state index contributed by atoms with van der Waals surface area (Å²) in [6.07, 6.45) is 3.36. The fourth-order valence-corrected chi connectivity index (χ4v) is 1.68. The van der Waals surface area contributed by atoms with E-state index < -0.39 is 0 Å². The molecular weight excluding hydrogens is 184 g/mol. The minimum atomic E-state index is 0.991. The Kier molecular flexibility index (Phi) is 2.50. The van der Waals surface area contributed by atoms with Gasteiger partial charge in [-0.1, -0.05) is 12.1 Å². The standard InChI is InChI=1S/C13H14N2/c1-9-4-5-12(11(3)10(9)2)13-6-7-14-8-15-13/h4-8H,1-3H3. The first-order valence-electron chi connectivity index (χ1n) is 5.03. The largest absolute Gasteiger partial charge is 0.245 e. The van der Waals surface area contributed by atoms with E-state index in [1.54, 1.807) is 12.5 Å². The zero-order valence-corrected chi connectivity index (χ0v) is 9.28. The molecule has 0 spiro atoms. The highest BCUT2D eigenvalue weighted by atomic mass is 14.8. The zero-order valence-electron chi connectivity index (χ0n) is 9.28. The maximum Gasteiger partial charge on any atom is 0.116 e. The topological polar surface area (TPSA) is 25.8 Å². The molecule has 0 atom stereocenters. The molecule has 0 aliphatic heterocycles. The predicted octanol–water partition coefficient (Wildman–Crippen LogP) is 3.07. The molecule has 15 heavy (non-hydrogen) atoms. The number of benzene rings is 1. The quantitative estimate of drug-likeness (QED) is 0.703. The van der Waals surface area contributed by atoms with E-state index in [4.69, 9.17) is 0 Å². The van der Waals surface area contributed by atoms with Crippen molar-refractivity contribution in [3.05, 3.63) is 47.4 Å². The van der Waals surface area contributed by atoms with Gasteiger partial charge in [-0.15, -0.1) is 0 Å². The van der Waals surface area contributed by atoms with E-state index in [2.05, 4.69) is 42.9 Å². The minimum absolute atomic E-state index is 0.991. The molecule has 0 N–H and O–H groups in total. The van der Waals surface area contributed by atoms with E-state index in [-0.39, 0.29) is 0 Å². The molecule has 0 saturated carbocycles. The van der Waals surface area contributed by atoms with E-state index in [1.165, 1.54) is 22.3 Å². The van der Waals surface area contributed by atoms with Gasteiger partial charge in [0.2, 0.25) is 0 Å². The Morgan fingerprint density at radius 3 is 2.40 bits per heavy atom. The van der Waals surface area contributed by atoms with Crippen LogP contribution in [-0.2, 0) is 0 Å². The van der Waals surface area contributed by atoms with Gasteiger partial charge >= 0.3 is 0 Å². The zero-order chi connectivity index (χ0) is 10.8. The second kappa shape index (κ2) is 3.81. The van der Waals surface area contributed by atoms with Crippen LogP contribution in [0.3, 0.4) is 0 Å². The van der Waals surface area contributed by atoms with Gasteiger partial charge in [-0.2, -0.15) is 0 Å². The lowest BCUT2D eigenvalue weighted by Crippen LogP contribution is -1.92. The van der Waals surface area contributed by atoms with E-state index in [9.17, 15) is 0 Å². The molecule has 2 rings (SSSR count). The van der Waals surface area contributed by atoms with Gasteiger partial charge in [-0.3, -0.25) is 0 Å². The SMILES string of the molecule is Cc1ccc(-c2ccncn2)c(C)c1C. The van der Waals surface area contributed by atoms with Gasteiger partial charge in [-0.25, -0.2) is 9.97 Å². The third-order valence-corrected chi connectivity index (χ3v) is 2.92. The van der Waals surface area contributed by atoms with Gasteiger partial charge in [0.1, 0.15) is 6.33 Å². The molecule has 0 saturated heterocycles. The second-order valence-electron chi connectivity index (χ2n) is 3.77. The maximum atomic E-state index is 4.27. The molecule has 1 heterocycles. The van der Waals surface area contributed by atoms with Crippen molar-refractivity contribution in [2.24, 2.45) is 0 Å². The first-order valence-corrected chi connectivity index (χ1v) is 5.03. The Hall–Kier alpha value is -1.70. The highest BCUT2D eigenvalue weighted by molar-refractivity contribution is 5.65. The third kappa shape index (κ3) is 1.75. The second-order valence-corrected chi connectivity index (χ2v) is 3.77. The summed E-state index contributed by atoms with van der Waals surface area (Å²) in [5.74, 6) is 0. The number of nitrogens with zero attached hydrogens (tertiary/aromatic N) is 2. The summed E-state index contributed by atoms with van der Waals surface area (Å²) in [6, 6.07) is 6.21. The number of hydrogen-bond donors (Lipinski definition) is 0. The first kappa shape index (κ1) is 9.84. The average molecular weight is 198 g/mol. The Morgan fingerprint density at radius 2 is 1.73 bits per heavy atom. The van der Waals surface area contributed by atoms with Gasteiger partial charge < -0.3 is 0 Å². The molecule has 0 aliphatic carbocycles. The first-order chi connectivity index (χ1) is 7.20. The van der Waals surface area contributed by atoms with Crippen LogP contribution in [0.2, 0.25) is 0 Å². The normalized spacial score (nSPS) is 10.3. The van der Waals surface area contributed by atoms with Gasteiger partial charge in [0.05, 0.1) is 5.69 Å². The van der Waals surface area contributed by atoms with E-state index in [0.717, 1.165) is 5.69 Å². The Morgan fingerprint density at radius 1 is 0.933 bits per heavy atom. The highest BCUT2D eigenvalue weighted by Crippen LogP contribution is 2.25. The minimum Gasteiger partial charge on any atom is -0.245 e. The number of rotatable bonds is 1. The predicted molar refractivity (Wildman–Crippen MR) is 61.7 cm³/mol. The molecule has 0 unspecified atom stereocenters. The summed E-state index contributed by atoms with van der Waals surface area (Å²) in [7, 11) is 0. The average Bonchev–Trinajstić information content (AvgIpc) is 2.27. The van der Waals surface area contributed by atoms with E-state index in [0.29, 0.717) is 0 Å². The van der Waals surface area contributed by atoms with Crippen molar-refractivity contribution < 1.29 is 0 Å². The van der Waals surface area contributed by atoms with E-state index >= 15 is 0 Å². The molecule has 0 aliphatic rings. The van der Waals surface area contributed by atoms with Crippen molar-refractivity contribution in [3.8, 4) is 11.3 Å². The Balaban J connectivity index is 2.60. The summed E-state index contributed by atoms with van der Waals surface area (Å²) in [4.78, 5) is 8.20. The van der Waals surface area contributed by atoms with Crippen LogP contribution < -0.4 is 0 Å². The number of hydrogen-bond acceptors (Lipinski definition) is 2. The number of aromatic nitrogens is 2. The smallest absolute Gasteiger partial charge is 0.116 e. The van der Waals surface area contributed by atoms with Gasteiger partial charge in [0.15, 0.2) is 0 Å². The van der Waals surface area contributed by atoms with Gasteiger partial charge in [0.25, 0.3) is 0 Å². The Labute approximate surface area is 90.0 Å². The van der Waals surface area contributed by atoms with Crippen LogP contribution in [0.15, 0.2) is 30.7 Å². The van der Waals surface area contributed by atoms with Crippen LogP contribution in [0.5, 0.6) is 0 Å². The number of aryl methyl sites for hydroxylation is 1. The van der Waals surface area contributed by atoms with Crippen LogP contribution in [0.1, 0.15) is 16.7 Å². The lowest BCUT2D eigenvalue weighted by atomic mass is 9.97. The molecule has 1 aromatic heterocycles. The molecular formula is C13H14N2. The summed E-state index contributed by atoms with van der Waals surface area (Å²) < 4.78 is 0. The van der Waals surface area contributed by atoms with Crippen LogP contribution >= 0.6 is 0 Å². The molecule has 0 bridgehead atoms. The van der Waals surface area contributed by atoms with Crippen molar-refractivity contribution in [1.29, 1.82) is 0 Å². The van der Waals surface area contributed by atoms with Crippen molar-refractivity contribution in [3.63, 3.8) is 0 Å². The summed E-state index contributed by atoms with van der Waals surface area (Å²) in [6.45, 7) is 6.42. The van der Waals surface area contributed by atoms with Crippen LogP contribution in [0.4, 0.5) is 0 Å². The van der Waals surface area contributed by atoms with Crippen LogP contribution in [0.25, 0.3) is 11.3 Å². The van der Waals surface area contributed by atoms with Gasteiger partial charge in [0, 0.05) is 11.8 Å². The van der Waals surface area contributed by atoms with Crippen LogP contribution in [0, 0.1) is 20.8 Å². The summed E-state index contributed by atoms with van der Waals surface area (Å²) in [5.41, 5.74) is 6.15. The van der Waals surface area contributed by atoms with E-state index in [1.807, 2.05) is 6.07 Å². The van der Waals surface area contributed by atoms with Crippen molar-refractivity contribution in [2.75, 3.05) is 0 Å². The van der Waals surface area contributed by atoms with Crippen molar-refractivity contribution in [2.45, 2.75) is 20.8 Å². The highest BCUT2D eigenvalue weighted by Gasteiger charge is 2.06. The molecule has 2 nitrogen and oxygen atoms in total. The molecule has 2 aromatic rings. The fourth-order valence-electron chi connectivity index (χ4n) is 1.68. The lowest BCUT2D eigenvalue weighted by molar-refractivity contribution is 1.16. The molecule has 0 amide bonds.